The maximum absolute atomic E-state index is 10.2. The van der Waals surface area contributed by atoms with Gasteiger partial charge in [-0.2, -0.15) is 0 Å². The molecule has 0 aromatic carbocycles. The Bertz CT molecular complexity index is 269. The van der Waals surface area contributed by atoms with Crippen LogP contribution in [-0.4, -0.2) is 59.5 Å². The van der Waals surface area contributed by atoms with Crippen LogP contribution in [0.25, 0.3) is 0 Å². The minimum Gasteiger partial charge on any atom is -0.395 e. The summed E-state index contributed by atoms with van der Waals surface area (Å²) >= 11 is 0. The first-order valence-corrected chi connectivity index (χ1v) is 7.90. The Kier molecular flexibility index (Phi) is 5.63. The van der Waals surface area contributed by atoms with Gasteiger partial charge in [-0.05, 0) is 37.5 Å². The second-order valence-electron chi connectivity index (χ2n) is 6.53. The molecule has 1 aliphatic carbocycles. The van der Waals surface area contributed by atoms with E-state index in [9.17, 15) is 5.11 Å². The minimum atomic E-state index is -0.182. The Labute approximate surface area is 117 Å². The molecule has 2 rings (SSSR count). The molecule has 1 saturated carbocycles. The van der Waals surface area contributed by atoms with Crippen LogP contribution in [0.15, 0.2) is 0 Å². The summed E-state index contributed by atoms with van der Waals surface area (Å²) < 4.78 is 0. The highest BCUT2D eigenvalue weighted by Crippen LogP contribution is 2.34. The molecule has 3 atom stereocenters. The Morgan fingerprint density at radius 3 is 2.58 bits per heavy atom. The monoisotopic (exact) mass is 270 g/mol. The van der Waals surface area contributed by atoms with Gasteiger partial charge in [0.2, 0.25) is 0 Å². The van der Waals surface area contributed by atoms with Crippen molar-refractivity contribution in [2.75, 3.05) is 26.2 Å². The zero-order valence-electron chi connectivity index (χ0n) is 12.4. The number of hydrogen-bond donors (Lipinski definition) is 3. The van der Waals surface area contributed by atoms with Crippen LogP contribution in [0.3, 0.4) is 0 Å². The van der Waals surface area contributed by atoms with E-state index in [0.29, 0.717) is 18.5 Å². The molecule has 0 spiro atoms. The Hall–Kier alpha value is -0.160. The lowest BCUT2D eigenvalue weighted by Gasteiger charge is -2.48. The van der Waals surface area contributed by atoms with Gasteiger partial charge in [0.05, 0.1) is 12.7 Å². The van der Waals surface area contributed by atoms with Gasteiger partial charge in [0.1, 0.15) is 0 Å². The number of hydrogen-bond acceptors (Lipinski definition) is 4. The second kappa shape index (κ2) is 7.02. The average Bonchev–Trinajstić information content (AvgIpc) is 2.40. The Morgan fingerprint density at radius 1 is 1.26 bits per heavy atom. The average molecular weight is 270 g/mol. The molecule has 3 N–H and O–H groups in total. The molecule has 0 radical (unpaired) electrons. The summed E-state index contributed by atoms with van der Waals surface area (Å²) in [6.07, 6.45) is 4.31. The van der Waals surface area contributed by atoms with Gasteiger partial charge in [-0.15, -0.1) is 0 Å². The predicted molar refractivity (Wildman–Crippen MR) is 77.0 cm³/mol. The van der Waals surface area contributed by atoms with Gasteiger partial charge in [0.25, 0.3) is 0 Å². The number of rotatable bonds is 6. The van der Waals surface area contributed by atoms with Gasteiger partial charge in [-0.1, -0.05) is 13.8 Å². The van der Waals surface area contributed by atoms with Crippen LogP contribution in [0.5, 0.6) is 0 Å². The molecule has 4 heteroatoms. The van der Waals surface area contributed by atoms with E-state index in [-0.39, 0.29) is 12.7 Å². The van der Waals surface area contributed by atoms with Crippen LogP contribution in [-0.2, 0) is 0 Å². The van der Waals surface area contributed by atoms with Crippen LogP contribution in [0.2, 0.25) is 0 Å². The molecule has 0 bridgehead atoms. The van der Waals surface area contributed by atoms with Crippen molar-refractivity contribution in [1.82, 2.24) is 10.2 Å². The summed E-state index contributed by atoms with van der Waals surface area (Å²) in [4.78, 5) is 2.57. The third kappa shape index (κ3) is 3.91. The molecule has 2 fully saturated rings. The van der Waals surface area contributed by atoms with E-state index in [1.807, 2.05) is 0 Å². The molecule has 19 heavy (non-hydrogen) atoms. The van der Waals surface area contributed by atoms with Crippen LogP contribution in [0, 0.1) is 11.8 Å². The summed E-state index contributed by atoms with van der Waals surface area (Å²) in [7, 11) is 0. The van der Waals surface area contributed by atoms with E-state index in [0.717, 1.165) is 37.9 Å². The maximum atomic E-state index is 10.2. The van der Waals surface area contributed by atoms with Crippen LogP contribution >= 0.6 is 0 Å². The van der Waals surface area contributed by atoms with Gasteiger partial charge < -0.3 is 15.5 Å². The molecule has 1 heterocycles. The second-order valence-corrected chi connectivity index (χ2v) is 6.53. The first-order chi connectivity index (χ1) is 9.13. The van der Waals surface area contributed by atoms with E-state index in [4.69, 9.17) is 5.11 Å². The highest BCUT2D eigenvalue weighted by molar-refractivity contribution is 4.93. The van der Waals surface area contributed by atoms with E-state index >= 15 is 0 Å². The van der Waals surface area contributed by atoms with Gasteiger partial charge in [0.15, 0.2) is 0 Å². The summed E-state index contributed by atoms with van der Waals surface area (Å²) in [6, 6.07) is 1.14. The van der Waals surface area contributed by atoms with Crippen LogP contribution in [0.1, 0.15) is 39.5 Å². The highest BCUT2D eigenvalue weighted by Gasteiger charge is 2.37. The van der Waals surface area contributed by atoms with Crippen LogP contribution in [0.4, 0.5) is 0 Å². The fraction of sp³-hybridized carbons (Fsp3) is 1.00. The zero-order valence-corrected chi connectivity index (χ0v) is 12.4. The van der Waals surface area contributed by atoms with E-state index in [1.165, 1.54) is 12.8 Å². The summed E-state index contributed by atoms with van der Waals surface area (Å²) in [5, 5.41) is 22.5. The third-order valence-corrected chi connectivity index (χ3v) is 4.88. The highest BCUT2D eigenvalue weighted by atomic mass is 16.3. The van der Waals surface area contributed by atoms with Crippen molar-refractivity contribution in [1.29, 1.82) is 0 Å². The molecule has 1 saturated heterocycles. The lowest BCUT2D eigenvalue weighted by atomic mass is 9.78. The van der Waals surface area contributed by atoms with E-state index in [2.05, 4.69) is 24.1 Å². The molecule has 0 aromatic rings. The molecule has 4 nitrogen and oxygen atoms in total. The normalized spacial score (nSPS) is 37.9. The van der Waals surface area contributed by atoms with Crippen molar-refractivity contribution < 1.29 is 10.2 Å². The molecule has 3 unspecified atom stereocenters. The Balaban J connectivity index is 1.91. The third-order valence-electron chi connectivity index (χ3n) is 4.88. The minimum absolute atomic E-state index is 0.182. The Morgan fingerprint density at radius 2 is 2.00 bits per heavy atom. The van der Waals surface area contributed by atoms with Crippen LogP contribution < -0.4 is 5.32 Å². The summed E-state index contributed by atoms with van der Waals surface area (Å²) in [5.74, 6) is 1.25. The fourth-order valence-corrected chi connectivity index (χ4v) is 3.66. The number of aliphatic hydroxyl groups excluding tert-OH is 2. The molecule has 2 aliphatic rings. The molecule has 112 valence electrons. The number of aliphatic hydroxyl groups is 2. The number of piperidine rings is 1. The van der Waals surface area contributed by atoms with E-state index < -0.39 is 0 Å². The fourth-order valence-electron chi connectivity index (χ4n) is 3.66. The van der Waals surface area contributed by atoms with Gasteiger partial charge in [0, 0.05) is 31.7 Å². The molecule has 0 amide bonds. The van der Waals surface area contributed by atoms with Crippen molar-refractivity contribution in [3.05, 3.63) is 0 Å². The number of nitrogens with zero attached hydrogens (tertiary/aromatic N) is 1. The molecular weight excluding hydrogens is 240 g/mol. The van der Waals surface area contributed by atoms with Gasteiger partial charge >= 0.3 is 0 Å². The quantitative estimate of drug-likeness (QED) is 0.669. The van der Waals surface area contributed by atoms with E-state index in [1.54, 1.807) is 0 Å². The molecule has 1 aliphatic heterocycles. The zero-order chi connectivity index (χ0) is 13.8. The smallest absolute Gasteiger partial charge is 0.0578 e. The van der Waals surface area contributed by atoms with Gasteiger partial charge in [-0.3, -0.25) is 4.90 Å². The molecular formula is C15H30N2O2. The summed E-state index contributed by atoms with van der Waals surface area (Å²) in [5.41, 5.74) is 0. The van der Waals surface area contributed by atoms with Gasteiger partial charge in [-0.25, -0.2) is 0 Å². The van der Waals surface area contributed by atoms with Crippen molar-refractivity contribution in [3.8, 4) is 0 Å². The van der Waals surface area contributed by atoms with Crippen molar-refractivity contribution in [2.45, 2.75) is 57.7 Å². The molecule has 0 aromatic heterocycles. The standard InChI is InChI=1S/C15H30N2O2/c1-3-15(19)12-8-13(16-4-5-18)10-17(9-12)14-6-11(2)7-14/h11-16,18-19H,3-10H2,1-2H3. The lowest BCUT2D eigenvalue weighted by molar-refractivity contribution is -0.00963. The topological polar surface area (TPSA) is 55.7 Å². The SMILES string of the molecule is CCC(O)C1CC(NCCO)CN(C2CC(C)C2)C1. The van der Waals surface area contributed by atoms with Crippen molar-refractivity contribution in [2.24, 2.45) is 11.8 Å². The van der Waals surface area contributed by atoms with Crippen molar-refractivity contribution in [3.63, 3.8) is 0 Å². The predicted octanol–water partition coefficient (Wildman–Crippen LogP) is 0.828. The summed E-state index contributed by atoms with van der Waals surface area (Å²) in [6.45, 7) is 7.35. The maximum Gasteiger partial charge on any atom is 0.0578 e. The lowest BCUT2D eigenvalue weighted by Crippen LogP contribution is -2.57. The number of likely N-dealkylation sites (tertiary alicyclic amines) is 1. The first-order valence-electron chi connectivity index (χ1n) is 7.90. The number of nitrogens with one attached hydrogen (secondary N) is 1. The first kappa shape index (κ1) is 15.2. The largest absolute Gasteiger partial charge is 0.395 e. The van der Waals surface area contributed by atoms with Crippen molar-refractivity contribution >= 4 is 0 Å².